The predicted molar refractivity (Wildman–Crippen MR) is 129 cm³/mol. The molecule has 0 bridgehead atoms. The van der Waals surface area contributed by atoms with Crippen LogP contribution in [0.15, 0.2) is 34.1 Å². The number of carbonyl (C=O) groups excluding carboxylic acids is 1. The van der Waals surface area contributed by atoms with Crippen LogP contribution in [0.3, 0.4) is 0 Å². The summed E-state index contributed by atoms with van der Waals surface area (Å²) >= 11 is 0. The highest BCUT2D eigenvalue weighted by atomic mass is 32.2. The first-order valence-corrected chi connectivity index (χ1v) is 14.2. The zero-order chi connectivity index (χ0) is 23.7. The highest BCUT2D eigenvalue weighted by Crippen LogP contribution is 2.25. The van der Waals surface area contributed by atoms with E-state index in [1.165, 1.54) is 0 Å². The molecule has 1 aliphatic rings. The second kappa shape index (κ2) is 12.7. The number of carbonyl (C=O) groups is 1. The molecule has 1 aromatic carbocycles. The lowest BCUT2D eigenvalue weighted by Gasteiger charge is -2.32. The molecule has 8 nitrogen and oxygen atoms in total. The van der Waals surface area contributed by atoms with Gasteiger partial charge in [0.15, 0.2) is 9.84 Å². The Labute approximate surface area is 195 Å². The lowest BCUT2D eigenvalue weighted by molar-refractivity contribution is 0.186. The number of rotatable bonds is 11. The van der Waals surface area contributed by atoms with Crippen molar-refractivity contribution in [2.75, 3.05) is 65.7 Å². The van der Waals surface area contributed by atoms with Crippen molar-refractivity contribution in [2.24, 2.45) is 0 Å². The van der Waals surface area contributed by atoms with E-state index in [0.29, 0.717) is 36.6 Å². The van der Waals surface area contributed by atoms with Crippen molar-refractivity contribution >= 4 is 26.7 Å². The summed E-state index contributed by atoms with van der Waals surface area (Å²) in [7, 11) is -0.878. The van der Waals surface area contributed by atoms with Crippen LogP contribution in [0.5, 0.6) is 0 Å². The molecule has 1 aliphatic heterocycles. The highest BCUT2D eigenvalue weighted by molar-refractivity contribution is 7.92. The summed E-state index contributed by atoms with van der Waals surface area (Å²) in [5.41, 5.74) is 0. The summed E-state index contributed by atoms with van der Waals surface area (Å²) in [6, 6.07) is 6.19. The third-order valence-corrected chi connectivity index (χ3v) is 9.38. The summed E-state index contributed by atoms with van der Waals surface area (Å²) in [5, 5.41) is 2.23. The van der Waals surface area contributed by atoms with Crippen LogP contribution in [-0.4, -0.2) is 104 Å². The minimum absolute atomic E-state index is 0.188. The number of piperidine rings is 1. The van der Waals surface area contributed by atoms with Gasteiger partial charge >= 0.3 is 6.03 Å². The zero-order valence-corrected chi connectivity index (χ0v) is 21.4. The summed E-state index contributed by atoms with van der Waals surface area (Å²) in [4.78, 5) is 19.1. The van der Waals surface area contributed by atoms with Gasteiger partial charge in [-0.1, -0.05) is 13.8 Å². The van der Waals surface area contributed by atoms with E-state index in [1.807, 2.05) is 19.0 Å². The molecule has 0 aromatic heterocycles. The first-order valence-electron chi connectivity index (χ1n) is 11.3. The molecule has 1 saturated heterocycles. The molecular formula is C22H38N4O4S2. The summed E-state index contributed by atoms with van der Waals surface area (Å²) in [6.07, 6.45) is 1.18. The van der Waals surface area contributed by atoms with Crippen molar-refractivity contribution < 1.29 is 17.4 Å². The van der Waals surface area contributed by atoms with E-state index >= 15 is 0 Å². The Balaban J connectivity index is 1.99. The van der Waals surface area contributed by atoms with Crippen LogP contribution in [-0.2, 0) is 20.6 Å². The maximum atomic E-state index is 13.2. The van der Waals surface area contributed by atoms with Gasteiger partial charge < -0.3 is 20.0 Å². The normalized spacial score (nSPS) is 18.2. The number of benzene rings is 1. The molecule has 2 atom stereocenters. The fourth-order valence-electron chi connectivity index (χ4n) is 3.72. The molecule has 182 valence electrons. The Morgan fingerprint density at radius 3 is 2.41 bits per heavy atom. The molecule has 2 unspecified atom stereocenters. The van der Waals surface area contributed by atoms with Gasteiger partial charge in [-0.2, -0.15) is 0 Å². The zero-order valence-electron chi connectivity index (χ0n) is 19.7. The molecule has 0 saturated carbocycles. The highest BCUT2D eigenvalue weighted by Gasteiger charge is 2.33. The van der Waals surface area contributed by atoms with Gasteiger partial charge in [-0.15, -0.1) is 0 Å². The molecule has 0 spiro atoms. The van der Waals surface area contributed by atoms with E-state index in [4.69, 9.17) is 0 Å². The van der Waals surface area contributed by atoms with Gasteiger partial charge in [-0.25, -0.2) is 13.2 Å². The molecule has 1 N–H and O–H groups in total. The molecule has 1 aromatic rings. The number of nitrogens with one attached hydrogen (secondary N) is 1. The molecule has 10 heteroatoms. The average molecular weight is 487 g/mol. The van der Waals surface area contributed by atoms with E-state index in [1.54, 1.807) is 29.2 Å². The summed E-state index contributed by atoms with van der Waals surface area (Å²) < 4.78 is 38.9. The van der Waals surface area contributed by atoms with Gasteiger partial charge in [0.1, 0.15) is 0 Å². The van der Waals surface area contributed by atoms with Crippen LogP contribution in [0, 0.1) is 0 Å². The number of hydrogen-bond acceptors (Lipinski definition) is 6. The molecular weight excluding hydrogens is 448 g/mol. The first-order chi connectivity index (χ1) is 15.2. The third-order valence-electron chi connectivity index (χ3n) is 5.84. The number of urea groups is 1. The molecule has 32 heavy (non-hydrogen) atoms. The first kappa shape index (κ1) is 26.8. The van der Waals surface area contributed by atoms with Gasteiger partial charge in [-0.3, -0.25) is 4.21 Å². The maximum absolute atomic E-state index is 13.2. The summed E-state index contributed by atoms with van der Waals surface area (Å²) in [6.45, 7) is 8.72. The fraction of sp³-hybridized carbons (Fsp3) is 0.682. The molecule has 0 aliphatic carbocycles. The summed E-state index contributed by atoms with van der Waals surface area (Å²) in [5.74, 6) is 0.522. The van der Waals surface area contributed by atoms with E-state index in [9.17, 15) is 17.4 Å². The molecule has 1 fully saturated rings. The smallest absolute Gasteiger partial charge is 0.317 e. The second-order valence-corrected chi connectivity index (χ2v) is 12.1. The van der Waals surface area contributed by atoms with Crippen LogP contribution < -0.4 is 5.32 Å². The average Bonchev–Trinajstić information content (AvgIpc) is 2.79. The lowest BCUT2D eigenvalue weighted by Crippen LogP contribution is -2.49. The van der Waals surface area contributed by atoms with E-state index in [-0.39, 0.29) is 17.5 Å². The van der Waals surface area contributed by atoms with Crippen molar-refractivity contribution in [3.8, 4) is 0 Å². The second-order valence-electron chi connectivity index (χ2n) is 8.34. The largest absolute Gasteiger partial charge is 0.337 e. The number of likely N-dealkylation sites (N-methyl/N-ethyl adjacent to an activating group) is 1. The van der Waals surface area contributed by atoms with Gasteiger partial charge in [-0.05, 0) is 64.3 Å². The quantitative estimate of drug-likeness (QED) is 0.512. The molecule has 0 radical (unpaired) electrons. The standard InChI is InChI=1S/C22H38N4O4S2/c1-5-25(6-2)16-17-31(28)19-9-11-20(12-10-19)32(29,30)21-8-7-14-26(18-21)22(27)23-13-15-24(3)4/h9-12,21H,5-8,13-18H2,1-4H3,(H,23,27). The van der Waals surface area contributed by atoms with Gasteiger partial charge in [0.2, 0.25) is 0 Å². The van der Waals surface area contributed by atoms with Crippen LogP contribution >= 0.6 is 0 Å². The Bertz CT molecular complexity index is 855. The van der Waals surface area contributed by atoms with Crippen LogP contribution in [0.25, 0.3) is 0 Å². The number of nitrogens with zero attached hydrogens (tertiary/aromatic N) is 3. The van der Waals surface area contributed by atoms with Crippen molar-refractivity contribution in [1.82, 2.24) is 20.0 Å². The van der Waals surface area contributed by atoms with Crippen molar-refractivity contribution in [2.45, 2.75) is 41.7 Å². The Kier molecular flexibility index (Phi) is 10.6. The lowest BCUT2D eigenvalue weighted by atomic mass is 10.1. The van der Waals surface area contributed by atoms with Crippen LogP contribution in [0.4, 0.5) is 4.79 Å². The Morgan fingerprint density at radius 1 is 1.16 bits per heavy atom. The number of sulfone groups is 1. The van der Waals surface area contributed by atoms with E-state index in [2.05, 4.69) is 24.1 Å². The molecule has 1 heterocycles. The number of hydrogen-bond donors (Lipinski definition) is 1. The SMILES string of the molecule is CCN(CC)CCS(=O)c1ccc(S(=O)(=O)C2CCCN(C(=O)NCCN(C)C)C2)cc1. The van der Waals surface area contributed by atoms with Crippen LogP contribution in [0.2, 0.25) is 0 Å². The monoisotopic (exact) mass is 486 g/mol. The molecule has 2 amide bonds. The van der Waals surface area contributed by atoms with E-state index < -0.39 is 25.9 Å². The molecule has 2 rings (SSSR count). The maximum Gasteiger partial charge on any atom is 0.317 e. The minimum atomic E-state index is -3.58. The van der Waals surface area contributed by atoms with Crippen molar-refractivity contribution in [3.05, 3.63) is 24.3 Å². The van der Waals surface area contributed by atoms with Crippen molar-refractivity contribution in [1.29, 1.82) is 0 Å². The van der Waals surface area contributed by atoms with Gasteiger partial charge in [0, 0.05) is 43.4 Å². The van der Waals surface area contributed by atoms with Crippen LogP contribution in [0.1, 0.15) is 26.7 Å². The Morgan fingerprint density at radius 2 is 1.81 bits per heavy atom. The number of likely N-dealkylation sites (tertiary alicyclic amines) is 1. The fourth-order valence-corrected chi connectivity index (χ4v) is 6.57. The van der Waals surface area contributed by atoms with Gasteiger partial charge in [0.25, 0.3) is 0 Å². The topological polar surface area (TPSA) is 90.0 Å². The van der Waals surface area contributed by atoms with E-state index in [0.717, 1.165) is 26.2 Å². The third kappa shape index (κ3) is 7.54. The number of amides is 2. The van der Waals surface area contributed by atoms with Gasteiger partial charge in [0.05, 0.1) is 20.9 Å². The predicted octanol–water partition coefficient (Wildman–Crippen LogP) is 1.65. The van der Waals surface area contributed by atoms with Crippen molar-refractivity contribution in [3.63, 3.8) is 0 Å². The Hall–Kier alpha value is -1.49. The minimum Gasteiger partial charge on any atom is -0.337 e.